The monoisotopic (exact) mass is 275 g/mol. The summed E-state index contributed by atoms with van der Waals surface area (Å²) in [7, 11) is 1.49. The molecule has 2 heterocycles. The topological polar surface area (TPSA) is 76.4 Å². The average Bonchev–Trinajstić information content (AvgIpc) is 2.99. The van der Waals surface area contributed by atoms with Crippen molar-refractivity contribution >= 4 is 5.91 Å². The van der Waals surface area contributed by atoms with Gasteiger partial charge in [-0.05, 0) is 24.3 Å². The van der Waals surface area contributed by atoms with Crippen molar-refractivity contribution in [2.24, 2.45) is 0 Å². The zero-order chi connectivity index (χ0) is 14.4. The van der Waals surface area contributed by atoms with Crippen LogP contribution in [0.3, 0.4) is 0 Å². The number of aliphatic hydroxyl groups is 1. The summed E-state index contributed by atoms with van der Waals surface area (Å²) >= 11 is 0. The number of ether oxygens (including phenoxy) is 1. The van der Waals surface area contributed by atoms with Crippen LogP contribution in [0.2, 0.25) is 0 Å². The van der Waals surface area contributed by atoms with Gasteiger partial charge in [-0.25, -0.2) is 4.98 Å². The molecule has 2 aromatic rings. The summed E-state index contributed by atoms with van der Waals surface area (Å²) in [5.41, 5.74) is 0.450. The van der Waals surface area contributed by atoms with Gasteiger partial charge in [-0.15, -0.1) is 0 Å². The van der Waals surface area contributed by atoms with Crippen LogP contribution in [0.15, 0.2) is 42.9 Å². The maximum atomic E-state index is 11.8. The number of rotatable bonds is 6. The zero-order valence-corrected chi connectivity index (χ0v) is 11.2. The molecule has 6 nitrogen and oxygen atoms in total. The van der Waals surface area contributed by atoms with E-state index in [-0.39, 0.29) is 19.1 Å². The van der Waals surface area contributed by atoms with E-state index in [1.165, 1.54) is 13.3 Å². The van der Waals surface area contributed by atoms with Gasteiger partial charge in [0, 0.05) is 32.2 Å². The lowest BCUT2D eigenvalue weighted by Crippen LogP contribution is -2.34. The van der Waals surface area contributed by atoms with E-state index in [4.69, 9.17) is 4.74 Å². The molecule has 1 unspecified atom stereocenters. The van der Waals surface area contributed by atoms with E-state index in [1.807, 2.05) is 29.1 Å². The number of methoxy groups -OCH3 is 1. The Labute approximate surface area is 117 Å². The molecule has 2 rings (SSSR count). The molecular weight excluding hydrogens is 258 g/mol. The standard InChI is InChI=1S/C14H17N3O3/c1-20-10-12(18)9-16-14(19)11-4-5-13(15-8-11)17-6-2-3-7-17/h2-8,12,18H,9-10H2,1H3,(H,16,19). The molecule has 0 fully saturated rings. The van der Waals surface area contributed by atoms with Crippen molar-refractivity contribution < 1.29 is 14.6 Å². The van der Waals surface area contributed by atoms with E-state index in [2.05, 4.69) is 10.3 Å². The Morgan fingerprint density at radius 1 is 1.45 bits per heavy atom. The summed E-state index contributed by atoms with van der Waals surface area (Å²) in [5.74, 6) is 0.470. The van der Waals surface area contributed by atoms with E-state index in [1.54, 1.807) is 12.1 Å². The molecule has 0 radical (unpaired) electrons. The second-order valence-electron chi connectivity index (χ2n) is 4.31. The number of hydrogen-bond acceptors (Lipinski definition) is 4. The van der Waals surface area contributed by atoms with Crippen molar-refractivity contribution in [3.63, 3.8) is 0 Å². The fourth-order valence-corrected chi connectivity index (χ4v) is 1.72. The molecule has 1 amide bonds. The minimum atomic E-state index is -0.712. The first-order valence-electron chi connectivity index (χ1n) is 6.25. The highest BCUT2D eigenvalue weighted by molar-refractivity contribution is 5.93. The molecule has 1 atom stereocenters. The molecule has 0 bridgehead atoms. The number of pyridine rings is 1. The second kappa shape index (κ2) is 6.83. The first-order valence-corrected chi connectivity index (χ1v) is 6.25. The Hall–Kier alpha value is -2.18. The number of carbonyl (C=O) groups is 1. The number of aromatic nitrogens is 2. The lowest BCUT2D eigenvalue weighted by atomic mass is 10.2. The summed E-state index contributed by atoms with van der Waals surface area (Å²) in [6, 6.07) is 7.26. The fraction of sp³-hybridized carbons (Fsp3) is 0.286. The van der Waals surface area contributed by atoms with Crippen molar-refractivity contribution in [2.75, 3.05) is 20.3 Å². The highest BCUT2D eigenvalue weighted by atomic mass is 16.5. The second-order valence-corrected chi connectivity index (χ2v) is 4.31. The van der Waals surface area contributed by atoms with Gasteiger partial charge in [0.25, 0.3) is 5.91 Å². The van der Waals surface area contributed by atoms with Gasteiger partial charge in [-0.1, -0.05) is 0 Å². The number of hydrogen-bond donors (Lipinski definition) is 2. The lowest BCUT2D eigenvalue weighted by molar-refractivity contribution is 0.0609. The Bertz CT molecular complexity index is 537. The molecule has 0 aliphatic rings. The third-order valence-electron chi connectivity index (χ3n) is 2.74. The van der Waals surface area contributed by atoms with Crippen molar-refractivity contribution in [3.8, 4) is 5.82 Å². The van der Waals surface area contributed by atoms with E-state index in [9.17, 15) is 9.90 Å². The number of nitrogens with zero attached hydrogens (tertiary/aromatic N) is 2. The van der Waals surface area contributed by atoms with E-state index >= 15 is 0 Å². The van der Waals surface area contributed by atoms with Crippen LogP contribution in [0.25, 0.3) is 5.82 Å². The normalized spacial score (nSPS) is 12.1. The van der Waals surface area contributed by atoms with Gasteiger partial charge >= 0.3 is 0 Å². The third kappa shape index (κ3) is 3.66. The Kier molecular flexibility index (Phi) is 4.86. The summed E-state index contributed by atoms with van der Waals surface area (Å²) in [4.78, 5) is 16.1. The predicted octanol–water partition coefficient (Wildman–Crippen LogP) is 0.609. The van der Waals surface area contributed by atoms with Crippen molar-refractivity contribution in [3.05, 3.63) is 48.4 Å². The van der Waals surface area contributed by atoms with Crippen molar-refractivity contribution in [1.29, 1.82) is 0 Å². The van der Waals surface area contributed by atoms with Crippen LogP contribution in [-0.2, 0) is 4.74 Å². The Morgan fingerprint density at radius 2 is 2.20 bits per heavy atom. The third-order valence-corrected chi connectivity index (χ3v) is 2.74. The van der Waals surface area contributed by atoms with Crippen LogP contribution in [-0.4, -0.2) is 46.9 Å². The first kappa shape index (κ1) is 14.2. The minimum Gasteiger partial charge on any atom is -0.389 e. The van der Waals surface area contributed by atoms with Gasteiger partial charge in [0.1, 0.15) is 5.82 Å². The van der Waals surface area contributed by atoms with E-state index < -0.39 is 6.10 Å². The number of aliphatic hydroxyl groups excluding tert-OH is 1. The zero-order valence-electron chi connectivity index (χ0n) is 11.2. The average molecular weight is 275 g/mol. The number of amides is 1. The van der Waals surface area contributed by atoms with Crippen LogP contribution in [0.1, 0.15) is 10.4 Å². The fourth-order valence-electron chi connectivity index (χ4n) is 1.72. The van der Waals surface area contributed by atoms with Gasteiger partial charge in [0.2, 0.25) is 0 Å². The molecule has 6 heteroatoms. The maximum Gasteiger partial charge on any atom is 0.252 e. The summed E-state index contributed by atoms with van der Waals surface area (Å²) in [6.07, 6.45) is 4.55. The summed E-state index contributed by atoms with van der Waals surface area (Å²) in [6.45, 7) is 0.330. The molecule has 0 spiro atoms. The van der Waals surface area contributed by atoms with Gasteiger partial charge in [0.05, 0.1) is 18.3 Å². The molecule has 0 aliphatic carbocycles. The molecule has 106 valence electrons. The predicted molar refractivity (Wildman–Crippen MR) is 73.8 cm³/mol. The molecule has 20 heavy (non-hydrogen) atoms. The molecule has 0 aliphatic heterocycles. The van der Waals surface area contributed by atoms with Gasteiger partial charge in [-0.2, -0.15) is 0 Å². The first-order chi connectivity index (χ1) is 9.70. The van der Waals surface area contributed by atoms with Crippen LogP contribution >= 0.6 is 0 Å². The van der Waals surface area contributed by atoms with Gasteiger partial charge < -0.3 is 19.7 Å². The van der Waals surface area contributed by atoms with Crippen LogP contribution in [0.4, 0.5) is 0 Å². The highest BCUT2D eigenvalue weighted by Gasteiger charge is 2.09. The van der Waals surface area contributed by atoms with Crippen molar-refractivity contribution in [1.82, 2.24) is 14.9 Å². The Balaban J connectivity index is 1.94. The van der Waals surface area contributed by atoms with Crippen molar-refractivity contribution in [2.45, 2.75) is 6.10 Å². The smallest absolute Gasteiger partial charge is 0.252 e. The van der Waals surface area contributed by atoms with Crippen LogP contribution < -0.4 is 5.32 Å². The van der Waals surface area contributed by atoms with Gasteiger partial charge in [-0.3, -0.25) is 4.79 Å². The summed E-state index contributed by atoms with van der Waals surface area (Å²) in [5, 5.41) is 12.1. The van der Waals surface area contributed by atoms with E-state index in [0.717, 1.165) is 5.82 Å². The molecule has 0 saturated heterocycles. The quantitative estimate of drug-likeness (QED) is 0.810. The molecule has 0 saturated carbocycles. The van der Waals surface area contributed by atoms with E-state index in [0.29, 0.717) is 5.56 Å². The maximum absolute atomic E-state index is 11.8. The molecular formula is C14H17N3O3. The molecule has 0 aromatic carbocycles. The van der Waals surface area contributed by atoms with Crippen LogP contribution in [0, 0.1) is 0 Å². The Morgan fingerprint density at radius 3 is 2.80 bits per heavy atom. The number of nitrogens with one attached hydrogen (secondary N) is 1. The highest BCUT2D eigenvalue weighted by Crippen LogP contribution is 2.06. The summed E-state index contributed by atoms with van der Waals surface area (Å²) < 4.78 is 6.63. The minimum absolute atomic E-state index is 0.145. The SMILES string of the molecule is COCC(O)CNC(=O)c1ccc(-n2cccc2)nc1. The molecule has 2 N–H and O–H groups in total. The van der Waals surface area contributed by atoms with Crippen LogP contribution in [0.5, 0.6) is 0 Å². The lowest BCUT2D eigenvalue weighted by Gasteiger charge is -2.10. The largest absolute Gasteiger partial charge is 0.389 e. The molecule has 2 aromatic heterocycles. The van der Waals surface area contributed by atoms with Gasteiger partial charge in [0.15, 0.2) is 0 Å². The number of carbonyl (C=O) groups excluding carboxylic acids is 1.